The maximum absolute atomic E-state index is 12.2. The summed E-state index contributed by atoms with van der Waals surface area (Å²) < 4.78 is 5.42. The summed E-state index contributed by atoms with van der Waals surface area (Å²) >= 11 is 0. The lowest BCUT2D eigenvalue weighted by molar-refractivity contribution is 0.0761. The van der Waals surface area contributed by atoms with Crippen molar-refractivity contribution in [1.82, 2.24) is 10.2 Å². The number of ether oxygens (including phenoxy) is 1. The van der Waals surface area contributed by atoms with Gasteiger partial charge in [-0.1, -0.05) is 30.3 Å². The van der Waals surface area contributed by atoms with Crippen LogP contribution in [-0.4, -0.2) is 47.9 Å². The summed E-state index contributed by atoms with van der Waals surface area (Å²) in [5.74, 6) is 0.538. The molecule has 1 saturated heterocycles. The molecule has 1 amide bonds. The highest BCUT2D eigenvalue weighted by atomic mass is 16.6. The van der Waals surface area contributed by atoms with Gasteiger partial charge in [0.25, 0.3) is 0 Å². The Labute approximate surface area is 144 Å². The van der Waals surface area contributed by atoms with Gasteiger partial charge in [-0.3, -0.25) is 0 Å². The van der Waals surface area contributed by atoms with E-state index in [9.17, 15) is 9.90 Å². The van der Waals surface area contributed by atoms with Crippen molar-refractivity contribution < 1.29 is 14.6 Å². The average Bonchev–Trinajstić information content (AvgIpc) is 3.44. The molecule has 2 aliphatic rings. The third kappa shape index (κ3) is 4.95. The first-order valence-corrected chi connectivity index (χ1v) is 9.09. The molecule has 0 unspecified atom stereocenters. The number of rotatable bonds is 7. The number of amides is 1. The maximum Gasteiger partial charge on any atom is 0.410 e. The Balaban J connectivity index is 1.42. The number of aliphatic hydroxyl groups is 1. The van der Waals surface area contributed by atoms with Gasteiger partial charge in [-0.2, -0.15) is 0 Å². The topological polar surface area (TPSA) is 61.8 Å². The van der Waals surface area contributed by atoms with Crippen molar-refractivity contribution in [3.63, 3.8) is 0 Å². The molecule has 1 aliphatic carbocycles. The molecule has 0 aromatic heterocycles. The minimum Gasteiger partial charge on any atom is -0.445 e. The third-order valence-electron chi connectivity index (χ3n) is 5.04. The zero-order chi connectivity index (χ0) is 16.8. The number of benzene rings is 1. The first-order valence-electron chi connectivity index (χ1n) is 9.09. The van der Waals surface area contributed by atoms with Gasteiger partial charge in [0.05, 0.1) is 0 Å². The molecule has 0 radical (unpaired) electrons. The lowest BCUT2D eigenvalue weighted by Gasteiger charge is -2.36. The van der Waals surface area contributed by atoms with Crippen molar-refractivity contribution in [1.29, 1.82) is 0 Å². The molecule has 2 N–H and O–H groups in total. The number of nitrogens with zero attached hydrogens (tertiary/aromatic N) is 1. The van der Waals surface area contributed by atoms with Crippen LogP contribution in [0.3, 0.4) is 0 Å². The molecule has 132 valence electrons. The average molecular weight is 332 g/mol. The van der Waals surface area contributed by atoms with Crippen molar-refractivity contribution in [2.45, 2.75) is 50.8 Å². The van der Waals surface area contributed by atoms with Gasteiger partial charge in [-0.25, -0.2) is 4.79 Å². The van der Waals surface area contributed by atoms with Crippen LogP contribution in [0.5, 0.6) is 0 Å². The molecule has 1 aromatic carbocycles. The van der Waals surface area contributed by atoms with Crippen LogP contribution in [-0.2, 0) is 11.3 Å². The van der Waals surface area contributed by atoms with Gasteiger partial charge in [-0.15, -0.1) is 0 Å². The second-order valence-electron chi connectivity index (χ2n) is 6.92. The van der Waals surface area contributed by atoms with Gasteiger partial charge in [0.2, 0.25) is 0 Å². The second kappa shape index (κ2) is 8.49. The van der Waals surface area contributed by atoms with Crippen LogP contribution in [0.1, 0.15) is 37.7 Å². The third-order valence-corrected chi connectivity index (χ3v) is 5.04. The van der Waals surface area contributed by atoms with E-state index < -0.39 is 0 Å². The Kier molecular flexibility index (Phi) is 6.10. The van der Waals surface area contributed by atoms with Crippen LogP contribution in [0, 0.1) is 5.92 Å². The van der Waals surface area contributed by atoms with E-state index in [-0.39, 0.29) is 12.7 Å². The maximum atomic E-state index is 12.2. The van der Waals surface area contributed by atoms with Crippen LogP contribution >= 0.6 is 0 Å². The van der Waals surface area contributed by atoms with Crippen molar-refractivity contribution in [3.05, 3.63) is 35.9 Å². The highest BCUT2D eigenvalue weighted by Crippen LogP contribution is 2.27. The van der Waals surface area contributed by atoms with E-state index in [0.29, 0.717) is 24.6 Å². The van der Waals surface area contributed by atoms with Gasteiger partial charge in [-0.05, 0) is 43.6 Å². The molecule has 2 fully saturated rings. The number of hydrogen-bond acceptors (Lipinski definition) is 4. The van der Waals surface area contributed by atoms with Crippen molar-refractivity contribution in [2.75, 3.05) is 19.7 Å². The summed E-state index contributed by atoms with van der Waals surface area (Å²) in [6, 6.07) is 10.8. The molecule has 1 aromatic rings. The van der Waals surface area contributed by atoms with E-state index in [1.807, 2.05) is 35.2 Å². The monoisotopic (exact) mass is 332 g/mol. The predicted octanol–water partition coefficient (Wildman–Crippen LogP) is 2.54. The molecule has 24 heavy (non-hydrogen) atoms. The summed E-state index contributed by atoms with van der Waals surface area (Å²) in [6.45, 7) is 2.04. The number of carbonyl (C=O) groups is 1. The Morgan fingerprint density at radius 1 is 1.21 bits per heavy atom. The van der Waals surface area contributed by atoms with E-state index in [4.69, 9.17) is 4.74 Å². The fourth-order valence-electron chi connectivity index (χ4n) is 3.44. The van der Waals surface area contributed by atoms with Crippen LogP contribution in [0.25, 0.3) is 0 Å². The first kappa shape index (κ1) is 17.2. The molecule has 0 bridgehead atoms. The predicted molar refractivity (Wildman–Crippen MR) is 92.6 cm³/mol. The highest BCUT2D eigenvalue weighted by molar-refractivity contribution is 5.67. The van der Waals surface area contributed by atoms with E-state index in [1.165, 1.54) is 12.8 Å². The minimum atomic E-state index is -0.217. The minimum absolute atomic E-state index is 0.217. The summed E-state index contributed by atoms with van der Waals surface area (Å²) in [6.07, 6.45) is 5.06. The largest absolute Gasteiger partial charge is 0.445 e. The summed E-state index contributed by atoms with van der Waals surface area (Å²) in [4.78, 5) is 14.0. The van der Waals surface area contributed by atoms with E-state index in [1.54, 1.807) is 0 Å². The number of carbonyl (C=O) groups excluding carboxylic acids is 1. The molecule has 1 heterocycles. The van der Waals surface area contributed by atoms with Crippen LogP contribution in [0.15, 0.2) is 30.3 Å². The fraction of sp³-hybridized carbons (Fsp3) is 0.632. The SMILES string of the molecule is O=C(OCc1ccccc1)N1CCC([C@@H](CCO)NC2CC2)CC1. The lowest BCUT2D eigenvalue weighted by atomic mass is 9.87. The van der Waals surface area contributed by atoms with Crippen LogP contribution < -0.4 is 5.32 Å². The highest BCUT2D eigenvalue weighted by Gasteiger charge is 2.32. The quantitative estimate of drug-likeness (QED) is 0.805. The molecule has 5 nitrogen and oxygen atoms in total. The van der Waals surface area contributed by atoms with Crippen LogP contribution in [0.2, 0.25) is 0 Å². The van der Waals surface area contributed by atoms with Gasteiger partial charge in [0.1, 0.15) is 6.61 Å². The molecule has 0 spiro atoms. The standard InChI is InChI=1S/C19H28N2O3/c22-13-10-18(20-17-6-7-17)16-8-11-21(12-9-16)19(23)24-14-15-4-2-1-3-5-15/h1-5,16-18,20,22H,6-14H2/t18-/m1/s1. The molecular formula is C19H28N2O3. The van der Waals surface area contributed by atoms with Crippen molar-refractivity contribution >= 4 is 6.09 Å². The number of piperidine rings is 1. The molecule has 3 rings (SSSR count). The molecule has 5 heteroatoms. The van der Waals surface area contributed by atoms with Gasteiger partial charge >= 0.3 is 6.09 Å². The van der Waals surface area contributed by atoms with Gasteiger partial charge < -0.3 is 20.1 Å². The zero-order valence-electron chi connectivity index (χ0n) is 14.2. The van der Waals surface area contributed by atoms with Gasteiger partial charge in [0.15, 0.2) is 0 Å². The summed E-state index contributed by atoms with van der Waals surface area (Å²) in [5.41, 5.74) is 1.01. The fourth-order valence-corrected chi connectivity index (χ4v) is 3.44. The lowest BCUT2D eigenvalue weighted by Crippen LogP contribution is -2.46. The number of aliphatic hydroxyl groups excluding tert-OH is 1. The Bertz CT molecular complexity index is 511. The Morgan fingerprint density at radius 2 is 1.92 bits per heavy atom. The summed E-state index contributed by atoms with van der Waals surface area (Å²) in [5, 5.41) is 13.0. The van der Waals surface area contributed by atoms with E-state index >= 15 is 0 Å². The van der Waals surface area contributed by atoms with E-state index in [0.717, 1.165) is 37.9 Å². The first-order chi connectivity index (χ1) is 11.8. The zero-order valence-corrected chi connectivity index (χ0v) is 14.2. The number of nitrogens with one attached hydrogen (secondary N) is 1. The second-order valence-corrected chi connectivity index (χ2v) is 6.92. The van der Waals surface area contributed by atoms with Crippen LogP contribution in [0.4, 0.5) is 4.79 Å². The Hall–Kier alpha value is -1.59. The molecule has 1 atom stereocenters. The van der Waals surface area contributed by atoms with Gasteiger partial charge in [0, 0.05) is 31.8 Å². The van der Waals surface area contributed by atoms with Crippen molar-refractivity contribution in [2.24, 2.45) is 5.92 Å². The van der Waals surface area contributed by atoms with Crippen molar-refractivity contribution in [3.8, 4) is 0 Å². The smallest absolute Gasteiger partial charge is 0.410 e. The summed E-state index contributed by atoms with van der Waals surface area (Å²) in [7, 11) is 0. The molecule has 1 saturated carbocycles. The Morgan fingerprint density at radius 3 is 2.54 bits per heavy atom. The molecule has 1 aliphatic heterocycles. The normalized spacial score (nSPS) is 20.0. The number of hydrogen-bond donors (Lipinski definition) is 2. The number of likely N-dealkylation sites (tertiary alicyclic amines) is 1. The molecular weight excluding hydrogens is 304 g/mol. The van der Waals surface area contributed by atoms with E-state index in [2.05, 4.69) is 5.32 Å².